The molecule has 23 heavy (non-hydrogen) atoms. The lowest BCUT2D eigenvalue weighted by molar-refractivity contribution is 0.104. The molecule has 1 aromatic heterocycles. The maximum Gasteiger partial charge on any atom is 0.202 e. The van der Waals surface area contributed by atoms with E-state index in [0.29, 0.717) is 4.91 Å². The van der Waals surface area contributed by atoms with Gasteiger partial charge in [-0.1, -0.05) is 35.2 Å². The van der Waals surface area contributed by atoms with Gasteiger partial charge >= 0.3 is 0 Å². The Bertz CT molecular complexity index is 947. The molecule has 0 atom stereocenters. The number of ether oxygens (including phenoxy) is 1. The van der Waals surface area contributed by atoms with Gasteiger partial charge in [0.25, 0.3) is 0 Å². The zero-order valence-corrected chi connectivity index (χ0v) is 13.8. The third-order valence-electron chi connectivity index (χ3n) is 3.50. The second-order valence-electron chi connectivity index (χ2n) is 4.93. The fourth-order valence-electron chi connectivity index (χ4n) is 2.36. The van der Waals surface area contributed by atoms with Gasteiger partial charge in [-0.05, 0) is 30.3 Å². The highest BCUT2D eigenvalue weighted by Gasteiger charge is 2.25. The van der Waals surface area contributed by atoms with Crippen molar-refractivity contribution in [1.29, 1.82) is 0 Å². The number of rotatable bonds is 3. The molecular formula is C17H12N2O2S2. The van der Waals surface area contributed by atoms with Crippen LogP contribution in [-0.2, 0) is 0 Å². The molecule has 2 heterocycles. The van der Waals surface area contributed by atoms with Crippen molar-refractivity contribution in [3.05, 3.63) is 59.1 Å². The third kappa shape index (κ3) is 2.60. The van der Waals surface area contributed by atoms with Gasteiger partial charge in [-0.3, -0.25) is 4.79 Å². The van der Waals surface area contributed by atoms with Crippen LogP contribution in [0.2, 0.25) is 0 Å². The monoisotopic (exact) mass is 340 g/mol. The van der Waals surface area contributed by atoms with E-state index in [2.05, 4.69) is 10.3 Å². The van der Waals surface area contributed by atoms with Crippen LogP contribution in [0.5, 0.6) is 5.75 Å². The first-order valence-electron chi connectivity index (χ1n) is 6.97. The van der Waals surface area contributed by atoms with Gasteiger partial charge < -0.3 is 10.1 Å². The van der Waals surface area contributed by atoms with Gasteiger partial charge in [0.15, 0.2) is 5.13 Å². The van der Waals surface area contributed by atoms with E-state index in [-0.39, 0.29) is 5.78 Å². The summed E-state index contributed by atoms with van der Waals surface area (Å²) in [5.41, 5.74) is 1.67. The second kappa shape index (κ2) is 5.72. The van der Waals surface area contributed by atoms with Gasteiger partial charge in [0.2, 0.25) is 5.78 Å². The van der Waals surface area contributed by atoms with Crippen LogP contribution >= 0.6 is 23.1 Å². The molecule has 0 saturated carbocycles. The smallest absolute Gasteiger partial charge is 0.202 e. The summed E-state index contributed by atoms with van der Waals surface area (Å²) < 4.78 is 6.26. The van der Waals surface area contributed by atoms with Gasteiger partial charge in [0.1, 0.15) is 5.75 Å². The topological polar surface area (TPSA) is 51.2 Å². The van der Waals surface area contributed by atoms with E-state index in [1.54, 1.807) is 13.3 Å². The number of anilines is 1. The van der Waals surface area contributed by atoms with E-state index in [1.165, 1.54) is 23.1 Å². The zero-order valence-electron chi connectivity index (χ0n) is 12.2. The Morgan fingerprint density at radius 1 is 1.22 bits per heavy atom. The van der Waals surface area contributed by atoms with Crippen LogP contribution in [0.25, 0.3) is 10.2 Å². The van der Waals surface area contributed by atoms with E-state index in [0.717, 1.165) is 31.6 Å². The molecule has 2 aromatic carbocycles. The predicted molar refractivity (Wildman–Crippen MR) is 94.5 cm³/mol. The summed E-state index contributed by atoms with van der Waals surface area (Å²) in [6.45, 7) is 0. The Kier molecular flexibility index (Phi) is 3.55. The summed E-state index contributed by atoms with van der Waals surface area (Å²) in [6.07, 6.45) is 1.74. The summed E-state index contributed by atoms with van der Waals surface area (Å²) in [7, 11) is 1.65. The lowest BCUT2D eigenvalue weighted by Crippen LogP contribution is -1.97. The Hall–Kier alpha value is -2.31. The second-order valence-corrected chi connectivity index (χ2v) is 7.05. The Balaban J connectivity index is 1.59. The number of aromatic nitrogens is 1. The zero-order chi connectivity index (χ0) is 15.8. The molecule has 0 unspecified atom stereocenters. The average molecular weight is 340 g/mol. The Morgan fingerprint density at radius 2 is 2.09 bits per heavy atom. The molecule has 0 bridgehead atoms. The van der Waals surface area contributed by atoms with Crippen LogP contribution in [0.4, 0.5) is 5.13 Å². The van der Waals surface area contributed by atoms with Crippen LogP contribution < -0.4 is 10.1 Å². The van der Waals surface area contributed by atoms with Crippen molar-refractivity contribution in [2.24, 2.45) is 0 Å². The van der Waals surface area contributed by atoms with E-state index < -0.39 is 0 Å². The van der Waals surface area contributed by atoms with Gasteiger partial charge in [-0.25, -0.2) is 4.98 Å². The maximum atomic E-state index is 12.3. The lowest BCUT2D eigenvalue weighted by atomic mass is 10.1. The molecule has 0 spiro atoms. The normalized spacial score (nSPS) is 15.2. The highest BCUT2D eigenvalue weighted by atomic mass is 32.2. The van der Waals surface area contributed by atoms with Crippen molar-refractivity contribution in [3.8, 4) is 5.75 Å². The summed E-state index contributed by atoms with van der Waals surface area (Å²) in [6, 6.07) is 13.4. The van der Waals surface area contributed by atoms with Gasteiger partial charge in [0.05, 0.1) is 22.2 Å². The fraction of sp³-hybridized carbons (Fsp3) is 0.0588. The first kappa shape index (κ1) is 14.3. The Morgan fingerprint density at radius 3 is 2.91 bits per heavy atom. The number of methoxy groups -OCH3 is 1. The molecule has 4 nitrogen and oxygen atoms in total. The molecule has 3 aromatic rings. The van der Waals surface area contributed by atoms with Crippen LogP contribution in [-0.4, -0.2) is 17.9 Å². The molecule has 6 heteroatoms. The molecule has 1 aliphatic rings. The number of thiazole rings is 1. The number of carbonyl (C=O) groups excluding carboxylic acids is 1. The molecule has 1 aliphatic heterocycles. The Labute approximate surface area is 141 Å². The molecule has 1 N–H and O–H groups in total. The first-order chi connectivity index (χ1) is 11.2. The van der Waals surface area contributed by atoms with Crippen LogP contribution in [0.1, 0.15) is 10.4 Å². The van der Waals surface area contributed by atoms with E-state index in [4.69, 9.17) is 4.74 Å². The molecule has 114 valence electrons. The summed E-state index contributed by atoms with van der Waals surface area (Å²) >= 11 is 3.01. The van der Waals surface area contributed by atoms with Crippen molar-refractivity contribution in [1.82, 2.24) is 4.98 Å². The number of carbonyl (C=O) groups is 1. The largest absolute Gasteiger partial charge is 0.497 e. The maximum absolute atomic E-state index is 12.3. The number of thioether (sulfide) groups is 1. The quantitative estimate of drug-likeness (QED) is 0.709. The summed E-state index contributed by atoms with van der Waals surface area (Å²) in [5, 5.41) is 3.90. The number of allylic oxidation sites excluding steroid dienone is 1. The van der Waals surface area contributed by atoms with Crippen LogP contribution in [0.15, 0.2) is 58.5 Å². The molecule has 0 saturated heterocycles. The number of Topliss-reactive ketones (excluding diaryl/α,β-unsaturated/α-hetero) is 1. The van der Waals surface area contributed by atoms with Crippen LogP contribution in [0.3, 0.4) is 0 Å². The number of fused-ring (bicyclic) bond motifs is 2. The molecule has 0 aliphatic carbocycles. The number of nitrogens with one attached hydrogen (secondary N) is 1. The number of hydrogen-bond acceptors (Lipinski definition) is 6. The first-order valence-corrected chi connectivity index (χ1v) is 8.61. The van der Waals surface area contributed by atoms with E-state index in [9.17, 15) is 4.79 Å². The average Bonchev–Trinajstić information content (AvgIpc) is 3.13. The molecular weight excluding hydrogens is 328 g/mol. The van der Waals surface area contributed by atoms with Gasteiger partial charge in [-0.2, -0.15) is 0 Å². The van der Waals surface area contributed by atoms with Gasteiger partial charge in [0, 0.05) is 16.7 Å². The molecule has 4 rings (SSSR count). The van der Waals surface area contributed by atoms with Gasteiger partial charge in [-0.15, -0.1) is 0 Å². The fourth-order valence-corrected chi connectivity index (χ4v) is 4.19. The standard InChI is InChI=1S/C17H12N2O2S2/c1-21-10-6-7-12-14(8-10)23-17(19-12)18-9-15-16(20)11-4-2-3-5-13(11)22-15/h2-9H,1H3,(H,18,19). The minimum absolute atomic E-state index is 0.0564. The third-order valence-corrected chi connectivity index (χ3v) is 5.55. The SMILES string of the molecule is COc1ccc2nc(NC=C3Sc4ccccc4C3=O)sc2c1. The van der Waals surface area contributed by atoms with Crippen molar-refractivity contribution < 1.29 is 9.53 Å². The van der Waals surface area contributed by atoms with Crippen molar-refractivity contribution in [2.75, 3.05) is 12.4 Å². The predicted octanol–water partition coefficient (Wildman–Crippen LogP) is 4.55. The highest BCUT2D eigenvalue weighted by Crippen LogP contribution is 2.39. The number of hydrogen-bond donors (Lipinski definition) is 1. The highest BCUT2D eigenvalue weighted by molar-refractivity contribution is 8.04. The summed E-state index contributed by atoms with van der Waals surface area (Å²) in [5.74, 6) is 0.865. The molecule has 0 radical (unpaired) electrons. The number of ketones is 1. The number of nitrogens with zero attached hydrogens (tertiary/aromatic N) is 1. The number of benzene rings is 2. The van der Waals surface area contributed by atoms with Crippen LogP contribution in [0, 0.1) is 0 Å². The lowest BCUT2D eigenvalue weighted by Gasteiger charge is -1.96. The van der Waals surface area contributed by atoms with E-state index in [1.807, 2.05) is 42.5 Å². The minimum Gasteiger partial charge on any atom is -0.497 e. The van der Waals surface area contributed by atoms with Crippen molar-refractivity contribution in [3.63, 3.8) is 0 Å². The van der Waals surface area contributed by atoms with Crippen molar-refractivity contribution in [2.45, 2.75) is 4.90 Å². The molecule has 0 fully saturated rings. The summed E-state index contributed by atoms with van der Waals surface area (Å²) in [4.78, 5) is 18.5. The molecule has 0 amide bonds. The minimum atomic E-state index is 0.0564. The van der Waals surface area contributed by atoms with E-state index >= 15 is 0 Å². The van der Waals surface area contributed by atoms with Crippen molar-refractivity contribution >= 4 is 44.2 Å².